The van der Waals surface area contributed by atoms with Crippen LogP contribution in [0.1, 0.15) is 46.5 Å². The maximum absolute atomic E-state index is 12.1. The van der Waals surface area contributed by atoms with E-state index in [-0.39, 0.29) is 22.2 Å². The van der Waals surface area contributed by atoms with Crippen molar-refractivity contribution in [3.05, 3.63) is 11.6 Å². The van der Waals surface area contributed by atoms with E-state index in [2.05, 4.69) is 20.8 Å². The predicted octanol–water partition coefficient (Wildman–Crippen LogP) is 2.89. The summed E-state index contributed by atoms with van der Waals surface area (Å²) in [6, 6.07) is 0. The van der Waals surface area contributed by atoms with Crippen molar-refractivity contribution in [2.45, 2.75) is 46.5 Å². The van der Waals surface area contributed by atoms with Crippen LogP contribution in [-0.4, -0.2) is 18.9 Å². The summed E-state index contributed by atoms with van der Waals surface area (Å²) < 4.78 is 4.71. The number of methoxy groups -OCH3 is 1. The van der Waals surface area contributed by atoms with Crippen LogP contribution < -0.4 is 0 Å². The van der Waals surface area contributed by atoms with Crippen LogP contribution >= 0.6 is 0 Å². The fraction of sp³-hybridized carbons (Fsp3) is 0.733. The van der Waals surface area contributed by atoms with Crippen molar-refractivity contribution in [3.63, 3.8) is 0 Å². The van der Waals surface area contributed by atoms with E-state index in [4.69, 9.17) is 4.74 Å². The summed E-state index contributed by atoms with van der Waals surface area (Å²) in [5, 5.41) is 0. The van der Waals surface area contributed by atoms with Gasteiger partial charge >= 0.3 is 5.97 Å². The zero-order valence-corrected chi connectivity index (χ0v) is 11.7. The van der Waals surface area contributed by atoms with E-state index in [9.17, 15) is 9.59 Å². The van der Waals surface area contributed by atoms with E-state index in [0.717, 1.165) is 19.3 Å². The highest BCUT2D eigenvalue weighted by Gasteiger charge is 2.49. The summed E-state index contributed by atoms with van der Waals surface area (Å²) in [4.78, 5) is 23.8. The Labute approximate surface area is 109 Å². The largest absolute Gasteiger partial charge is 0.465 e. The summed E-state index contributed by atoms with van der Waals surface area (Å²) in [5.41, 5.74) is 0.383. The van der Waals surface area contributed by atoms with Gasteiger partial charge in [-0.15, -0.1) is 0 Å². The number of rotatable bonds is 1. The fourth-order valence-corrected chi connectivity index (χ4v) is 3.84. The van der Waals surface area contributed by atoms with Crippen LogP contribution in [0.15, 0.2) is 11.6 Å². The van der Waals surface area contributed by atoms with Crippen molar-refractivity contribution < 1.29 is 14.3 Å². The predicted molar refractivity (Wildman–Crippen MR) is 69.0 cm³/mol. The third kappa shape index (κ3) is 2.00. The zero-order valence-electron chi connectivity index (χ0n) is 11.7. The molecule has 2 aliphatic rings. The van der Waals surface area contributed by atoms with Gasteiger partial charge in [-0.05, 0) is 29.6 Å². The van der Waals surface area contributed by atoms with E-state index in [1.54, 1.807) is 0 Å². The molecule has 0 aromatic rings. The van der Waals surface area contributed by atoms with Crippen molar-refractivity contribution >= 4 is 11.8 Å². The van der Waals surface area contributed by atoms with Gasteiger partial charge in [0.1, 0.15) is 0 Å². The van der Waals surface area contributed by atoms with Gasteiger partial charge in [0.05, 0.1) is 12.7 Å². The van der Waals surface area contributed by atoms with E-state index in [1.165, 1.54) is 7.11 Å². The first-order valence-corrected chi connectivity index (χ1v) is 6.64. The molecule has 18 heavy (non-hydrogen) atoms. The topological polar surface area (TPSA) is 43.4 Å². The normalized spacial score (nSPS) is 34.6. The smallest absolute Gasteiger partial charge is 0.341 e. The molecule has 0 N–H and O–H groups in total. The lowest BCUT2D eigenvalue weighted by molar-refractivity contribution is -0.139. The highest BCUT2D eigenvalue weighted by atomic mass is 16.5. The maximum Gasteiger partial charge on any atom is 0.341 e. The highest BCUT2D eigenvalue weighted by Crippen LogP contribution is 2.55. The summed E-state index contributed by atoms with van der Waals surface area (Å²) in [7, 11) is 1.33. The Morgan fingerprint density at radius 2 is 2.00 bits per heavy atom. The lowest BCUT2D eigenvalue weighted by Crippen LogP contribution is -2.45. The number of hydrogen-bond acceptors (Lipinski definition) is 3. The van der Waals surface area contributed by atoms with Gasteiger partial charge in [-0.1, -0.05) is 33.3 Å². The van der Waals surface area contributed by atoms with Gasteiger partial charge in [-0.25, -0.2) is 4.79 Å². The summed E-state index contributed by atoms with van der Waals surface area (Å²) >= 11 is 0. The number of ketones is 1. The molecule has 1 saturated carbocycles. The second-order valence-electron chi connectivity index (χ2n) is 6.58. The summed E-state index contributed by atoms with van der Waals surface area (Å²) in [6.07, 6.45) is 5.72. The van der Waals surface area contributed by atoms with Crippen LogP contribution in [0.3, 0.4) is 0 Å². The molecule has 0 radical (unpaired) electrons. The van der Waals surface area contributed by atoms with Crippen LogP contribution in [0, 0.1) is 16.7 Å². The SMILES string of the molecule is COC(=O)C1=C[C@@]2(C)CCCC(C)(C)[C@H]2CC1=O. The van der Waals surface area contributed by atoms with Gasteiger partial charge in [-0.2, -0.15) is 0 Å². The molecule has 0 unspecified atom stereocenters. The Balaban J connectivity index is 2.42. The van der Waals surface area contributed by atoms with Crippen molar-refractivity contribution in [1.29, 1.82) is 0 Å². The Morgan fingerprint density at radius 1 is 1.33 bits per heavy atom. The minimum absolute atomic E-state index is 0.0425. The summed E-state index contributed by atoms with van der Waals surface area (Å²) in [6.45, 7) is 6.65. The first kappa shape index (κ1) is 13.3. The molecule has 0 saturated heterocycles. The second kappa shape index (κ2) is 4.22. The van der Waals surface area contributed by atoms with Gasteiger partial charge in [0.25, 0.3) is 0 Å². The number of hydrogen-bond donors (Lipinski definition) is 0. The standard InChI is InChI=1S/C15H22O3/c1-14(2)6-5-7-15(3)9-10(13(17)18-4)11(16)8-12(14)15/h9,12H,5-8H2,1-4H3/t12-,15-/m1/s1. The van der Waals surface area contributed by atoms with Crippen LogP contribution in [0.4, 0.5) is 0 Å². The molecule has 100 valence electrons. The van der Waals surface area contributed by atoms with Gasteiger partial charge in [-0.3, -0.25) is 4.79 Å². The molecule has 0 aliphatic heterocycles. The quantitative estimate of drug-likeness (QED) is 0.531. The molecular weight excluding hydrogens is 228 g/mol. The van der Waals surface area contributed by atoms with Crippen LogP contribution in [0.25, 0.3) is 0 Å². The monoisotopic (exact) mass is 250 g/mol. The first-order chi connectivity index (χ1) is 8.30. The number of Topliss-reactive ketones (excluding diaryl/α,β-unsaturated/α-hetero) is 1. The molecule has 0 aromatic carbocycles. The molecule has 3 nitrogen and oxygen atoms in total. The molecule has 2 aliphatic carbocycles. The van der Waals surface area contributed by atoms with Crippen molar-refractivity contribution in [2.75, 3.05) is 7.11 Å². The van der Waals surface area contributed by atoms with Crippen molar-refractivity contribution in [3.8, 4) is 0 Å². The number of allylic oxidation sites excluding steroid dienone is 1. The van der Waals surface area contributed by atoms with Crippen molar-refractivity contribution in [2.24, 2.45) is 16.7 Å². The molecule has 0 bridgehead atoms. The molecule has 0 heterocycles. The Morgan fingerprint density at radius 3 is 2.61 bits per heavy atom. The molecule has 1 fully saturated rings. The average molecular weight is 250 g/mol. The number of esters is 1. The summed E-state index contributed by atoms with van der Waals surface area (Å²) in [5.74, 6) is -0.206. The molecule has 0 spiro atoms. The van der Waals surface area contributed by atoms with E-state index in [0.29, 0.717) is 12.3 Å². The third-order valence-electron chi connectivity index (χ3n) is 4.85. The van der Waals surface area contributed by atoms with E-state index in [1.807, 2.05) is 6.08 Å². The minimum Gasteiger partial charge on any atom is -0.465 e. The van der Waals surface area contributed by atoms with Gasteiger partial charge in [0, 0.05) is 6.42 Å². The van der Waals surface area contributed by atoms with Gasteiger partial charge in [0.2, 0.25) is 0 Å². The molecule has 0 aromatic heterocycles. The Bertz CT molecular complexity index is 419. The third-order valence-corrected chi connectivity index (χ3v) is 4.85. The molecule has 3 heteroatoms. The minimum atomic E-state index is -0.483. The molecular formula is C15H22O3. The number of ether oxygens (including phenoxy) is 1. The number of carbonyl (C=O) groups is 2. The Kier molecular flexibility index (Phi) is 3.12. The average Bonchev–Trinajstić information content (AvgIpc) is 2.29. The van der Waals surface area contributed by atoms with Crippen LogP contribution in [0.2, 0.25) is 0 Å². The maximum atomic E-state index is 12.1. The van der Waals surface area contributed by atoms with Crippen LogP contribution in [-0.2, 0) is 14.3 Å². The fourth-order valence-electron chi connectivity index (χ4n) is 3.84. The lowest BCUT2D eigenvalue weighted by Gasteiger charge is -2.51. The lowest BCUT2D eigenvalue weighted by atomic mass is 9.53. The number of fused-ring (bicyclic) bond motifs is 1. The highest BCUT2D eigenvalue weighted by molar-refractivity contribution is 6.18. The molecule has 2 rings (SSSR count). The molecule has 2 atom stereocenters. The Hall–Kier alpha value is -1.12. The van der Waals surface area contributed by atoms with Crippen LogP contribution in [0.5, 0.6) is 0 Å². The first-order valence-electron chi connectivity index (χ1n) is 6.64. The zero-order chi connectivity index (χ0) is 13.6. The second-order valence-corrected chi connectivity index (χ2v) is 6.58. The number of carbonyl (C=O) groups excluding carboxylic acids is 2. The molecule has 0 amide bonds. The van der Waals surface area contributed by atoms with Gasteiger partial charge in [0.15, 0.2) is 5.78 Å². The van der Waals surface area contributed by atoms with E-state index < -0.39 is 5.97 Å². The van der Waals surface area contributed by atoms with Crippen molar-refractivity contribution in [1.82, 2.24) is 0 Å². The van der Waals surface area contributed by atoms with Gasteiger partial charge < -0.3 is 4.74 Å². The van der Waals surface area contributed by atoms with E-state index >= 15 is 0 Å².